The van der Waals surface area contributed by atoms with Crippen LogP contribution in [0.3, 0.4) is 0 Å². The maximum Gasteiger partial charge on any atom is 0.123 e. The Balaban J connectivity index is 1.62. The number of halogens is 2. The normalized spacial score (nSPS) is 17.1. The molecule has 2 atom stereocenters. The van der Waals surface area contributed by atoms with Crippen LogP contribution in [0.15, 0.2) is 97.1 Å². The summed E-state index contributed by atoms with van der Waals surface area (Å²) in [6, 6.07) is 30.2. The van der Waals surface area contributed by atoms with E-state index in [-0.39, 0.29) is 23.5 Å². The molecule has 6 aromatic rings. The Morgan fingerprint density at radius 1 is 0.471 bits per heavy atom. The fourth-order valence-electron chi connectivity index (χ4n) is 5.71. The molecule has 0 amide bonds. The van der Waals surface area contributed by atoms with E-state index in [0.717, 1.165) is 44.3 Å². The number of aromatic nitrogens is 2. The lowest BCUT2D eigenvalue weighted by Gasteiger charge is -2.31. The van der Waals surface area contributed by atoms with Gasteiger partial charge in [-0.05, 0) is 58.7 Å². The third-order valence-corrected chi connectivity index (χ3v) is 7.11. The Morgan fingerprint density at radius 2 is 0.853 bits per heavy atom. The fourth-order valence-corrected chi connectivity index (χ4v) is 5.71. The molecule has 2 aromatic heterocycles. The number of hydrogen-bond donors (Lipinski definition) is 2. The predicted molar refractivity (Wildman–Crippen MR) is 131 cm³/mol. The van der Waals surface area contributed by atoms with Gasteiger partial charge in [-0.1, -0.05) is 60.7 Å². The largest absolute Gasteiger partial charge is 0.357 e. The van der Waals surface area contributed by atoms with Crippen LogP contribution in [-0.2, 0) is 0 Å². The second-order valence-corrected chi connectivity index (χ2v) is 8.96. The van der Waals surface area contributed by atoms with E-state index in [1.807, 2.05) is 48.5 Å². The van der Waals surface area contributed by atoms with Crippen molar-refractivity contribution >= 4 is 21.8 Å². The van der Waals surface area contributed by atoms with E-state index >= 15 is 0 Å². The topological polar surface area (TPSA) is 31.6 Å². The maximum absolute atomic E-state index is 13.9. The molecule has 2 unspecified atom stereocenters. The highest BCUT2D eigenvalue weighted by Crippen LogP contribution is 2.52. The third-order valence-electron chi connectivity index (χ3n) is 7.11. The quantitative estimate of drug-likeness (QED) is 0.274. The Labute approximate surface area is 194 Å². The van der Waals surface area contributed by atoms with Crippen molar-refractivity contribution < 1.29 is 8.78 Å². The average Bonchev–Trinajstić information content (AvgIpc) is 3.43. The molecule has 164 valence electrons. The number of rotatable bonds is 2. The number of H-pyrrole nitrogens is 2. The zero-order valence-electron chi connectivity index (χ0n) is 18.1. The number of hydrogen-bond acceptors (Lipinski definition) is 0. The first-order valence-corrected chi connectivity index (χ1v) is 11.4. The van der Waals surface area contributed by atoms with E-state index < -0.39 is 0 Å². The maximum atomic E-state index is 13.9. The highest BCUT2D eigenvalue weighted by molar-refractivity contribution is 5.93. The van der Waals surface area contributed by atoms with Gasteiger partial charge in [0, 0.05) is 33.2 Å². The van der Waals surface area contributed by atoms with Gasteiger partial charge in [0.25, 0.3) is 0 Å². The van der Waals surface area contributed by atoms with Gasteiger partial charge < -0.3 is 9.97 Å². The Kier molecular flexibility index (Phi) is 4.06. The van der Waals surface area contributed by atoms with E-state index in [2.05, 4.69) is 34.2 Å². The van der Waals surface area contributed by atoms with Crippen molar-refractivity contribution in [2.75, 3.05) is 0 Å². The van der Waals surface area contributed by atoms with Crippen LogP contribution in [0.4, 0.5) is 8.78 Å². The highest BCUT2D eigenvalue weighted by atomic mass is 19.1. The van der Waals surface area contributed by atoms with Crippen LogP contribution in [0.25, 0.3) is 21.8 Å². The molecule has 0 radical (unpaired) electrons. The van der Waals surface area contributed by atoms with Crippen molar-refractivity contribution in [2.24, 2.45) is 0 Å². The lowest BCUT2D eigenvalue weighted by Crippen LogP contribution is -2.19. The van der Waals surface area contributed by atoms with Crippen LogP contribution in [0.1, 0.15) is 45.5 Å². The number of fused-ring (bicyclic) bond motifs is 6. The smallest absolute Gasteiger partial charge is 0.123 e. The average molecular weight is 447 g/mol. The minimum Gasteiger partial charge on any atom is -0.357 e. The highest BCUT2D eigenvalue weighted by Gasteiger charge is 2.39. The Bertz CT molecular complexity index is 1550. The van der Waals surface area contributed by atoms with Crippen molar-refractivity contribution in [2.45, 2.75) is 11.8 Å². The summed E-state index contributed by atoms with van der Waals surface area (Å²) in [5.74, 6) is -0.684. The summed E-state index contributed by atoms with van der Waals surface area (Å²) in [5, 5.41) is 2.28. The molecule has 2 nitrogen and oxygen atoms in total. The molecule has 2 heterocycles. The number of aromatic amines is 2. The Morgan fingerprint density at radius 3 is 1.26 bits per heavy atom. The molecule has 0 spiro atoms. The van der Waals surface area contributed by atoms with Gasteiger partial charge in [0.1, 0.15) is 11.6 Å². The van der Waals surface area contributed by atoms with Gasteiger partial charge in [-0.25, -0.2) is 8.78 Å². The van der Waals surface area contributed by atoms with Crippen molar-refractivity contribution in [3.8, 4) is 0 Å². The molecule has 0 saturated heterocycles. The van der Waals surface area contributed by atoms with Gasteiger partial charge in [0.15, 0.2) is 0 Å². The first-order chi connectivity index (χ1) is 16.7. The first-order valence-electron chi connectivity index (χ1n) is 11.4. The van der Waals surface area contributed by atoms with Crippen molar-refractivity contribution in [1.82, 2.24) is 9.97 Å². The van der Waals surface area contributed by atoms with Gasteiger partial charge in [0.2, 0.25) is 0 Å². The molecule has 1 aliphatic carbocycles. The van der Waals surface area contributed by atoms with Crippen LogP contribution >= 0.6 is 0 Å². The van der Waals surface area contributed by atoms with Gasteiger partial charge in [-0.15, -0.1) is 0 Å². The summed E-state index contributed by atoms with van der Waals surface area (Å²) in [6.45, 7) is 0. The molecule has 4 aromatic carbocycles. The molecule has 4 heteroatoms. The molecule has 0 bridgehead atoms. The van der Waals surface area contributed by atoms with Crippen molar-refractivity contribution in [1.29, 1.82) is 0 Å². The van der Waals surface area contributed by atoms with Crippen molar-refractivity contribution in [3.05, 3.63) is 142 Å². The zero-order valence-corrected chi connectivity index (χ0v) is 18.1. The monoisotopic (exact) mass is 446 g/mol. The molecule has 1 aliphatic rings. The van der Waals surface area contributed by atoms with Gasteiger partial charge >= 0.3 is 0 Å². The van der Waals surface area contributed by atoms with Gasteiger partial charge in [-0.2, -0.15) is 0 Å². The van der Waals surface area contributed by atoms with Crippen molar-refractivity contribution in [3.63, 3.8) is 0 Å². The number of nitrogens with one attached hydrogen (secondary N) is 2. The van der Waals surface area contributed by atoms with E-state index in [1.165, 1.54) is 35.4 Å². The minimum absolute atomic E-state index is 0.0918. The number of para-hydroxylation sites is 2. The Hall–Kier alpha value is -4.18. The van der Waals surface area contributed by atoms with E-state index in [1.54, 1.807) is 0 Å². The standard InChI is InChI=1S/C30H20F2N2/c31-19-13-9-17(10-14-19)25-27-21-5-1-3-7-23(21)33-29(27)26(18-11-15-20(32)16-12-18)28-22-6-2-4-8-24(22)34-30(25)28/h1-16,25-26,33-34H. The van der Waals surface area contributed by atoms with E-state index in [0.29, 0.717) is 0 Å². The van der Waals surface area contributed by atoms with E-state index in [9.17, 15) is 8.78 Å². The molecule has 0 aliphatic heterocycles. The summed E-state index contributed by atoms with van der Waals surface area (Å²) in [5.41, 5.74) is 8.71. The zero-order chi connectivity index (χ0) is 22.8. The summed E-state index contributed by atoms with van der Waals surface area (Å²) < 4.78 is 27.8. The molecule has 2 N–H and O–H groups in total. The molecule has 34 heavy (non-hydrogen) atoms. The molecular weight excluding hydrogens is 426 g/mol. The van der Waals surface area contributed by atoms with Crippen LogP contribution in [0, 0.1) is 11.6 Å². The van der Waals surface area contributed by atoms with Crippen LogP contribution < -0.4 is 0 Å². The van der Waals surface area contributed by atoms with Gasteiger partial charge in [0.05, 0.1) is 11.8 Å². The second kappa shape index (κ2) is 7.16. The molecule has 0 saturated carbocycles. The summed E-state index contributed by atoms with van der Waals surface area (Å²) in [6.07, 6.45) is 0. The van der Waals surface area contributed by atoms with Crippen LogP contribution in [0.5, 0.6) is 0 Å². The summed E-state index contributed by atoms with van der Waals surface area (Å²) in [7, 11) is 0. The minimum atomic E-state index is -0.250. The van der Waals surface area contributed by atoms with Gasteiger partial charge in [-0.3, -0.25) is 0 Å². The third kappa shape index (κ3) is 2.72. The number of benzene rings is 4. The SMILES string of the molecule is Fc1ccc(C2c3[nH]c4ccccc4c3C(c3ccc(F)cc3)c3[nH]c4ccccc4c32)cc1. The molecular formula is C30H20F2N2. The predicted octanol–water partition coefficient (Wildman–Crippen LogP) is 7.60. The fraction of sp³-hybridized carbons (Fsp3) is 0.0667. The van der Waals surface area contributed by atoms with Crippen LogP contribution in [0.2, 0.25) is 0 Å². The molecule has 7 rings (SSSR count). The second-order valence-electron chi connectivity index (χ2n) is 8.96. The first kappa shape index (κ1) is 19.3. The molecule has 0 fully saturated rings. The lowest BCUT2D eigenvalue weighted by molar-refractivity contribution is 0.625. The van der Waals surface area contributed by atoms with Crippen LogP contribution in [-0.4, -0.2) is 9.97 Å². The summed E-state index contributed by atoms with van der Waals surface area (Å²) >= 11 is 0. The van der Waals surface area contributed by atoms with E-state index in [4.69, 9.17) is 0 Å². The summed E-state index contributed by atoms with van der Waals surface area (Å²) in [4.78, 5) is 7.41. The lowest BCUT2D eigenvalue weighted by atomic mass is 9.72.